The van der Waals surface area contributed by atoms with Crippen LogP contribution in [0.3, 0.4) is 0 Å². The summed E-state index contributed by atoms with van der Waals surface area (Å²) < 4.78 is 11.3. The van der Waals surface area contributed by atoms with E-state index in [1.54, 1.807) is 0 Å². The van der Waals surface area contributed by atoms with Gasteiger partial charge in [-0.1, -0.05) is 18.2 Å². The Labute approximate surface area is 174 Å². The van der Waals surface area contributed by atoms with Crippen molar-refractivity contribution in [3.63, 3.8) is 0 Å². The fraction of sp³-hybridized carbons (Fsp3) is 0.286. The Balaban J connectivity index is 1.44. The summed E-state index contributed by atoms with van der Waals surface area (Å²) in [6.45, 7) is 4.60. The van der Waals surface area contributed by atoms with E-state index >= 15 is 0 Å². The van der Waals surface area contributed by atoms with Gasteiger partial charge in [-0.2, -0.15) is 15.0 Å². The van der Waals surface area contributed by atoms with Crippen molar-refractivity contribution in [3.8, 4) is 11.5 Å². The molecule has 0 bridgehead atoms. The average Bonchev–Trinajstić information content (AvgIpc) is 2.80. The molecule has 0 atom stereocenters. The third-order valence-electron chi connectivity index (χ3n) is 4.85. The third-order valence-corrected chi connectivity index (χ3v) is 4.85. The number of hydrogen-bond donors (Lipinski definition) is 3. The maximum atomic E-state index is 5.68. The minimum absolute atomic E-state index is 0.466. The van der Waals surface area contributed by atoms with Crippen LogP contribution in [0.1, 0.15) is 0 Å². The summed E-state index contributed by atoms with van der Waals surface area (Å²) in [6, 6.07) is 15.6. The highest BCUT2D eigenvalue weighted by Gasteiger charge is 2.17. The fourth-order valence-electron chi connectivity index (χ4n) is 3.38. The molecule has 0 spiro atoms. The van der Waals surface area contributed by atoms with E-state index in [2.05, 4.69) is 35.8 Å². The maximum Gasteiger partial charge on any atom is 0.233 e. The molecule has 30 heavy (non-hydrogen) atoms. The Morgan fingerprint density at radius 1 is 0.767 bits per heavy atom. The highest BCUT2D eigenvalue weighted by molar-refractivity contribution is 5.62. The van der Waals surface area contributed by atoms with Crippen molar-refractivity contribution in [2.24, 2.45) is 0 Å². The lowest BCUT2D eigenvalue weighted by Crippen LogP contribution is -2.44. The van der Waals surface area contributed by atoms with Crippen LogP contribution in [0.2, 0.25) is 0 Å². The van der Waals surface area contributed by atoms with Crippen LogP contribution in [0.15, 0.2) is 48.5 Å². The molecule has 0 saturated carbocycles. The van der Waals surface area contributed by atoms with Crippen LogP contribution in [-0.4, -0.2) is 54.3 Å². The standard InChI is InChI=1S/C21H23N7O2/c1-2-4-15(5-3-1)23-19-25-20(27-21(26-19)28-10-8-22-9-11-28)24-16-6-7-17-18(14-16)30-13-12-29-17/h1-7,14,22H,8-13H2,(H2,23,24,25,26,27). The number of anilines is 5. The molecule has 1 fully saturated rings. The number of para-hydroxylation sites is 1. The molecule has 3 N–H and O–H groups in total. The highest BCUT2D eigenvalue weighted by atomic mass is 16.6. The van der Waals surface area contributed by atoms with E-state index < -0.39 is 0 Å². The number of hydrogen-bond acceptors (Lipinski definition) is 9. The molecular formula is C21H23N7O2. The van der Waals surface area contributed by atoms with E-state index in [1.165, 1.54) is 0 Å². The van der Waals surface area contributed by atoms with Gasteiger partial charge < -0.3 is 30.3 Å². The molecule has 2 aliphatic rings. The molecule has 2 aliphatic heterocycles. The summed E-state index contributed by atoms with van der Waals surface area (Å²) in [5, 5.41) is 9.90. The lowest BCUT2D eigenvalue weighted by atomic mass is 10.2. The quantitative estimate of drug-likeness (QED) is 0.592. The second-order valence-corrected chi connectivity index (χ2v) is 6.99. The first-order valence-electron chi connectivity index (χ1n) is 10.0. The summed E-state index contributed by atoms with van der Waals surface area (Å²) in [5.74, 6) is 3.06. The van der Waals surface area contributed by atoms with Crippen LogP contribution < -0.4 is 30.3 Å². The van der Waals surface area contributed by atoms with Gasteiger partial charge in [-0.15, -0.1) is 0 Å². The van der Waals surface area contributed by atoms with Crippen LogP contribution in [0.5, 0.6) is 11.5 Å². The number of aromatic nitrogens is 3. The molecule has 0 radical (unpaired) electrons. The van der Waals surface area contributed by atoms with E-state index in [1.807, 2.05) is 48.5 Å². The predicted octanol–water partition coefficient (Wildman–Crippen LogP) is 2.54. The zero-order chi connectivity index (χ0) is 20.2. The van der Waals surface area contributed by atoms with Crippen molar-refractivity contribution < 1.29 is 9.47 Å². The Morgan fingerprint density at radius 3 is 2.23 bits per heavy atom. The molecule has 154 valence electrons. The van der Waals surface area contributed by atoms with Gasteiger partial charge in [0.25, 0.3) is 0 Å². The van der Waals surface area contributed by atoms with Gasteiger partial charge in [-0.25, -0.2) is 0 Å². The maximum absolute atomic E-state index is 5.68. The number of rotatable bonds is 5. The Hall–Kier alpha value is -3.59. The summed E-state index contributed by atoms with van der Waals surface area (Å²) in [7, 11) is 0. The van der Waals surface area contributed by atoms with Crippen molar-refractivity contribution in [1.29, 1.82) is 0 Å². The summed E-state index contributed by atoms with van der Waals surface area (Å²) in [5.41, 5.74) is 1.74. The fourth-order valence-corrected chi connectivity index (χ4v) is 3.38. The first-order chi connectivity index (χ1) is 14.8. The molecule has 9 nitrogen and oxygen atoms in total. The second-order valence-electron chi connectivity index (χ2n) is 6.99. The van der Waals surface area contributed by atoms with Crippen molar-refractivity contribution in [2.75, 3.05) is 54.9 Å². The van der Waals surface area contributed by atoms with Crippen molar-refractivity contribution in [2.45, 2.75) is 0 Å². The van der Waals surface area contributed by atoms with Crippen molar-refractivity contribution in [1.82, 2.24) is 20.3 Å². The lowest BCUT2D eigenvalue weighted by molar-refractivity contribution is 0.171. The molecule has 1 saturated heterocycles. The molecule has 5 rings (SSSR count). The SMILES string of the molecule is c1ccc(Nc2nc(Nc3ccc4c(c3)OCCO4)nc(N3CCNCC3)n2)cc1. The van der Waals surface area contributed by atoms with E-state index in [0.29, 0.717) is 36.8 Å². The molecule has 1 aromatic heterocycles. The van der Waals surface area contributed by atoms with Crippen LogP contribution in [0, 0.1) is 0 Å². The zero-order valence-corrected chi connectivity index (χ0v) is 16.5. The van der Waals surface area contributed by atoms with E-state index in [0.717, 1.165) is 43.3 Å². The first kappa shape index (κ1) is 18.4. The molecule has 0 amide bonds. The lowest BCUT2D eigenvalue weighted by Gasteiger charge is -2.27. The molecule has 0 aliphatic carbocycles. The van der Waals surface area contributed by atoms with E-state index in [9.17, 15) is 0 Å². The van der Waals surface area contributed by atoms with Gasteiger partial charge in [-0.3, -0.25) is 0 Å². The first-order valence-corrected chi connectivity index (χ1v) is 10.0. The number of nitrogens with one attached hydrogen (secondary N) is 3. The summed E-state index contributed by atoms with van der Waals surface area (Å²) in [4.78, 5) is 16.0. The normalized spacial score (nSPS) is 15.5. The largest absolute Gasteiger partial charge is 0.486 e. The second kappa shape index (κ2) is 8.42. The zero-order valence-electron chi connectivity index (χ0n) is 16.5. The van der Waals surface area contributed by atoms with Crippen LogP contribution >= 0.6 is 0 Å². The molecule has 9 heteroatoms. The van der Waals surface area contributed by atoms with Gasteiger partial charge in [0.1, 0.15) is 13.2 Å². The van der Waals surface area contributed by atoms with Gasteiger partial charge in [0.2, 0.25) is 17.8 Å². The molecule has 3 heterocycles. The highest BCUT2D eigenvalue weighted by Crippen LogP contribution is 2.33. The summed E-state index contributed by atoms with van der Waals surface area (Å²) in [6.07, 6.45) is 0. The van der Waals surface area contributed by atoms with Crippen LogP contribution in [0.25, 0.3) is 0 Å². The molecule has 0 unspecified atom stereocenters. The van der Waals surface area contributed by atoms with E-state index in [-0.39, 0.29) is 0 Å². The van der Waals surface area contributed by atoms with Crippen molar-refractivity contribution >= 4 is 29.2 Å². The van der Waals surface area contributed by atoms with Gasteiger partial charge in [-0.05, 0) is 24.3 Å². The van der Waals surface area contributed by atoms with Crippen LogP contribution in [-0.2, 0) is 0 Å². The minimum Gasteiger partial charge on any atom is -0.486 e. The van der Waals surface area contributed by atoms with Gasteiger partial charge >= 0.3 is 0 Å². The molecular weight excluding hydrogens is 382 g/mol. The molecule has 3 aromatic rings. The van der Waals surface area contributed by atoms with Crippen molar-refractivity contribution in [3.05, 3.63) is 48.5 Å². The number of fused-ring (bicyclic) bond motifs is 1. The topological polar surface area (TPSA) is 96.5 Å². The smallest absolute Gasteiger partial charge is 0.233 e. The number of nitrogens with zero attached hydrogens (tertiary/aromatic N) is 4. The van der Waals surface area contributed by atoms with E-state index in [4.69, 9.17) is 9.47 Å². The minimum atomic E-state index is 0.466. The Bertz CT molecular complexity index is 1010. The van der Waals surface area contributed by atoms with Gasteiger partial charge in [0, 0.05) is 43.6 Å². The number of piperazine rings is 1. The Morgan fingerprint density at radius 2 is 1.47 bits per heavy atom. The molecule has 2 aromatic carbocycles. The number of ether oxygens (including phenoxy) is 2. The van der Waals surface area contributed by atoms with Gasteiger partial charge in [0.05, 0.1) is 0 Å². The Kier molecular flexibility index (Phi) is 5.17. The predicted molar refractivity (Wildman–Crippen MR) is 115 cm³/mol. The average molecular weight is 405 g/mol. The number of benzene rings is 2. The third kappa shape index (κ3) is 4.20. The summed E-state index contributed by atoms with van der Waals surface area (Å²) >= 11 is 0. The van der Waals surface area contributed by atoms with Gasteiger partial charge in [0.15, 0.2) is 11.5 Å². The monoisotopic (exact) mass is 405 g/mol. The van der Waals surface area contributed by atoms with Crippen LogP contribution in [0.4, 0.5) is 29.2 Å².